The summed E-state index contributed by atoms with van der Waals surface area (Å²) in [4.78, 5) is 20.9. The molecule has 3 rings (SSSR count). The molecular weight excluding hydrogens is 280 g/mol. The van der Waals surface area contributed by atoms with E-state index in [1.54, 1.807) is 0 Å². The van der Waals surface area contributed by atoms with Crippen LogP contribution in [0.2, 0.25) is 0 Å². The zero-order chi connectivity index (χ0) is 15.2. The number of nitrogens with zero attached hydrogens (tertiary/aromatic N) is 3. The second-order valence-corrected chi connectivity index (χ2v) is 5.80. The quantitative estimate of drug-likeness (QED) is 0.910. The van der Waals surface area contributed by atoms with Crippen molar-refractivity contribution in [3.63, 3.8) is 0 Å². The first-order valence-corrected chi connectivity index (χ1v) is 8.10. The highest BCUT2D eigenvalue weighted by Gasteiger charge is 2.25. The molecule has 1 aromatic heterocycles. The summed E-state index contributed by atoms with van der Waals surface area (Å²) in [5.41, 5.74) is 1.01. The van der Waals surface area contributed by atoms with E-state index in [1.807, 2.05) is 29.3 Å². The number of morpholine rings is 1. The molecule has 0 bridgehead atoms. The van der Waals surface area contributed by atoms with Gasteiger partial charge in [0.15, 0.2) is 0 Å². The molecule has 22 heavy (non-hydrogen) atoms. The number of carbonyl (C=O) groups excluding carboxylic acids is 1. The van der Waals surface area contributed by atoms with Crippen molar-refractivity contribution in [3.05, 3.63) is 30.1 Å². The fourth-order valence-corrected chi connectivity index (χ4v) is 3.10. The van der Waals surface area contributed by atoms with E-state index in [4.69, 9.17) is 4.74 Å². The molecule has 0 aromatic carbocycles. The Hall–Kier alpha value is -1.66. The predicted molar refractivity (Wildman–Crippen MR) is 83.6 cm³/mol. The molecule has 2 aliphatic rings. The lowest BCUT2D eigenvalue weighted by Crippen LogP contribution is -2.46. The molecule has 120 valence electrons. The van der Waals surface area contributed by atoms with Crippen molar-refractivity contribution in [3.8, 4) is 0 Å². The first-order valence-electron chi connectivity index (χ1n) is 8.10. The average molecular weight is 304 g/mol. The molecule has 1 N–H and O–H groups in total. The summed E-state index contributed by atoms with van der Waals surface area (Å²) in [7, 11) is 0. The molecule has 0 saturated carbocycles. The van der Waals surface area contributed by atoms with Gasteiger partial charge in [0.2, 0.25) is 0 Å². The van der Waals surface area contributed by atoms with Gasteiger partial charge in [0.25, 0.3) is 0 Å². The van der Waals surface area contributed by atoms with Crippen LogP contribution in [0.15, 0.2) is 24.4 Å². The van der Waals surface area contributed by atoms with Gasteiger partial charge in [-0.3, -0.25) is 9.88 Å². The number of hydrogen-bond donors (Lipinski definition) is 1. The summed E-state index contributed by atoms with van der Waals surface area (Å²) in [5.74, 6) is 0. The van der Waals surface area contributed by atoms with E-state index in [2.05, 4.69) is 15.2 Å². The van der Waals surface area contributed by atoms with Crippen LogP contribution in [0.25, 0.3) is 0 Å². The van der Waals surface area contributed by atoms with Crippen LogP contribution < -0.4 is 5.32 Å². The van der Waals surface area contributed by atoms with Crippen LogP contribution in [0.1, 0.15) is 24.6 Å². The van der Waals surface area contributed by atoms with Crippen LogP contribution in [-0.4, -0.2) is 66.8 Å². The third kappa shape index (κ3) is 3.75. The molecule has 0 aliphatic carbocycles. The first kappa shape index (κ1) is 15.2. The van der Waals surface area contributed by atoms with Gasteiger partial charge in [-0.2, -0.15) is 0 Å². The fraction of sp³-hybridized carbons (Fsp3) is 0.625. The summed E-state index contributed by atoms with van der Waals surface area (Å²) < 4.78 is 5.43. The molecule has 2 amide bonds. The lowest BCUT2D eigenvalue weighted by Gasteiger charge is -2.34. The van der Waals surface area contributed by atoms with E-state index in [-0.39, 0.29) is 12.1 Å². The standard InChI is InChI=1S/C16H24N4O2/c21-16(20-7-3-4-8-20)18-13-15(14-5-1-2-6-17-14)19-9-11-22-12-10-19/h1-2,5-6,15H,3-4,7-13H2,(H,18,21). The van der Waals surface area contributed by atoms with Gasteiger partial charge in [-0.05, 0) is 25.0 Å². The number of hydrogen-bond acceptors (Lipinski definition) is 4. The second-order valence-electron chi connectivity index (χ2n) is 5.80. The Morgan fingerprint density at radius 3 is 2.68 bits per heavy atom. The van der Waals surface area contributed by atoms with Crippen molar-refractivity contribution >= 4 is 6.03 Å². The number of urea groups is 1. The molecule has 6 nitrogen and oxygen atoms in total. The number of carbonyl (C=O) groups is 1. The average Bonchev–Trinajstić information content (AvgIpc) is 3.11. The van der Waals surface area contributed by atoms with Crippen molar-refractivity contribution in [2.75, 3.05) is 45.9 Å². The fourth-order valence-electron chi connectivity index (χ4n) is 3.10. The summed E-state index contributed by atoms with van der Waals surface area (Å²) in [6.07, 6.45) is 4.03. The maximum Gasteiger partial charge on any atom is 0.317 e. The van der Waals surface area contributed by atoms with Crippen LogP contribution in [0.4, 0.5) is 4.79 Å². The SMILES string of the molecule is O=C(NCC(c1ccccn1)N1CCOCC1)N1CCCC1. The number of likely N-dealkylation sites (tertiary alicyclic amines) is 1. The largest absolute Gasteiger partial charge is 0.379 e. The Morgan fingerprint density at radius 2 is 2.00 bits per heavy atom. The molecule has 2 aliphatic heterocycles. The van der Waals surface area contributed by atoms with E-state index >= 15 is 0 Å². The Balaban J connectivity index is 1.64. The molecule has 2 fully saturated rings. The third-order valence-corrected chi connectivity index (χ3v) is 4.36. The lowest BCUT2D eigenvalue weighted by molar-refractivity contribution is 0.0156. The van der Waals surface area contributed by atoms with Gasteiger partial charge in [-0.15, -0.1) is 0 Å². The van der Waals surface area contributed by atoms with Gasteiger partial charge in [0.05, 0.1) is 24.9 Å². The van der Waals surface area contributed by atoms with E-state index in [0.717, 1.165) is 57.9 Å². The molecule has 1 atom stereocenters. The van der Waals surface area contributed by atoms with Crippen molar-refractivity contribution < 1.29 is 9.53 Å². The molecule has 1 aromatic rings. The van der Waals surface area contributed by atoms with Gasteiger partial charge < -0.3 is 15.0 Å². The topological polar surface area (TPSA) is 57.7 Å². The Kier molecular flexibility index (Phi) is 5.24. The van der Waals surface area contributed by atoms with Crippen LogP contribution in [0, 0.1) is 0 Å². The highest BCUT2D eigenvalue weighted by molar-refractivity contribution is 5.74. The van der Waals surface area contributed by atoms with Crippen LogP contribution in [-0.2, 0) is 4.74 Å². The summed E-state index contributed by atoms with van der Waals surface area (Å²) >= 11 is 0. The second kappa shape index (κ2) is 7.56. The van der Waals surface area contributed by atoms with Gasteiger partial charge in [-0.25, -0.2) is 4.79 Å². The summed E-state index contributed by atoms with van der Waals surface area (Å²) in [5, 5.41) is 3.08. The van der Waals surface area contributed by atoms with E-state index in [1.165, 1.54) is 0 Å². The molecule has 1 unspecified atom stereocenters. The minimum Gasteiger partial charge on any atom is -0.379 e. The zero-order valence-electron chi connectivity index (χ0n) is 12.9. The third-order valence-electron chi connectivity index (χ3n) is 4.36. The summed E-state index contributed by atoms with van der Waals surface area (Å²) in [6, 6.07) is 6.10. The number of pyridine rings is 1. The normalized spacial score (nSPS) is 20.8. The minimum absolute atomic E-state index is 0.0479. The van der Waals surface area contributed by atoms with Gasteiger partial charge >= 0.3 is 6.03 Å². The number of ether oxygens (including phenoxy) is 1. The Bertz CT molecular complexity index is 470. The maximum absolute atomic E-state index is 12.2. The van der Waals surface area contributed by atoms with Crippen LogP contribution >= 0.6 is 0 Å². The maximum atomic E-state index is 12.2. The number of aromatic nitrogens is 1. The van der Waals surface area contributed by atoms with E-state index in [0.29, 0.717) is 6.54 Å². The van der Waals surface area contributed by atoms with Gasteiger partial charge in [0, 0.05) is 38.9 Å². The molecule has 6 heteroatoms. The highest BCUT2D eigenvalue weighted by atomic mass is 16.5. The molecular formula is C16H24N4O2. The highest BCUT2D eigenvalue weighted by Crippen LogP contribution is 2.19. The Labute approximate surface area is 131 Å². The zero-order valence-corrected chi connectivity index (χ0v) is 12.9. The van der Waals surface area contributed by atoms with Crippen molar-refractivity contribution in [1.29, 1.82) is 0 Å². The smallest absolute Gasteiger partial charge is 0.317 e. The molecule has 0 radical (unpaired) electrons. The van der Waals surface area contributed by atoms with Crippen molar-refractivity contribution in [2.24, 2.45) is 0 Å². The number of nitrogens with one attached hydrogen (secondary N) is 1. The summed E-state index contributed by atoms with van der Waals surface area (Å²) in [6.45, 7) is 5.57. The van der Waals surface area contributed by atoms with Gasteiger partial charge in [-0.1, -0.05) is 6.07 Å². The van der Waals surface area contributed by atoms with E-state index < -0.39 is 0 Å². The van der Waals surface area contributed by atoms with Crippen molar-refractivity contribution in [1.82, 2.24) is 20.1 Å². The van der Waals surface area contributed by atoms with Crippen molar-refractivity contribution in [2.45, 2.75) is 18.9 Å². The molecule has 3 heterocycles. The monoisotopic (exact) mass is 304 g/mol. The number of amides is 2. The van der Waals surface area contributed by atoms with Crippen LogP contribution in [0.3, 0.4) is 0 Å². The Morgan fingerprint density at radius 1 is 1.23 bits per heavy atom. The number of rotatable bonds is 4. The minimum atomic E-state index is 0.0479. The van der Waals surface area contributed by atoms with E-state index in [9.17, 15) is 4.79 Å². The van der Waals surface area contributed by atoms with Crippen LogP contribution in [0.5, 0.6) is 0 Å². The predicted octanol–water partition coefficient (Wildman–Crippen LogP) is 1.26. The molecule has 0 spiro atoms. The molecule has 2 saturated heterocycles. The first-order chi connectivity index (χ1) is 10.8. The lowest BCUT2D eigenvalue weighted by atomic mass is 10.1. The van der Waals surface area contributed by atoms with Gasteiger partial charge in [0.1, 0.15) is 0 Å².